The summed E-state index contributed by atoms with van der Waals surface area (Å²) in [4.78, 5) is 23.5. The summed E-state index contributed by atoms with van der Waals surface area (Å²) in [5, 5.41) is 7.94. The number of nitrogens with one attached hydrogen (secondary N) is 1. The third-order valence-electron chi connectivity index (χ3n) is 5.36. The van der Waals surface area contributed by atoms with E-state index in [2.05, 4.69) is 20.0 Å². The van der Waals surface area contributed by atoms with Crippen LogP contribution >= 0.6 is 11.3 Å². The number of nitrogens with zero attached hydrogens (tertiary/aromatic N) is 5. The van der Waals surface area contributed by atoms with Gasteiger partial charge in [-0.2, -0.15) is 18.3 Å². The van der Waals surface area contributed by atoms with Crippen LogP contribution in [0.5, 0.6) is 0 Å². The zero-order valence-corrected chi connectivity index (χ0v) is 18.6. The molecular formula is C22H19F3N6O2S. The monoisotopic (exact) mass is 488 g/mol. The van der Waals surface area contributed by atoms with Gasteiger partial charge in [0.15, 0.2) is 5.65 Å². The zero-order chi connectivity index (χ0) is 23.7. The van der Waals surface area contributed by atoms with Crippen molar-refractivity contribution in [3.8, 4) is 22.3 Å². The van der Waals surface area contributed by atoms with E-state index < -0.39 is 18.6 Å². The van der Waals surface area contributed by atoms with Gasteiger partial charge in [-0.15, -0.1) is 11.3 Å². The Morgan fingerprint density at radius 1 is 1.09 bits per heavy atom. The number of hydrogen-bond acceptors (Lipinski definition) is 7. The number of carbonyl (C=O) groups is 1. The molecule has 0 atom stereocenters. The lowest BCUT2D eigenvalue weighted by atomic mass is 10.1. The lowest BCUT2D eigenvalue weighted by molar-refractivity contribution is -0.123. The lowest BCUT2D eigenvalue weighted by Crippen LogP contribution is -2.36. The van der Waals surface area contributed by atoms with Crippen LogP contribution in [0.3, 0.4) is 0 Å². The van der Waals surface area contributed by atoms with E-state index in [1.807, 2.05) is 23.6 Å². The van der Waals surface area contributed by atoms with Crippen molar-refractivity contribution >= 4 is 28.7 Å². The largest absolute Gasteiger partial charge is 0.405 e. The van der Waals surface area contributed by atoms with Crippen LogP contribution in [-0.2, 0) is 4.74 Å². The maximum Gasteiger partial charge on any atom is 0.405 e. The number of thiophene rings is 1. The number of halogens is 3. The number of carbonyl (C=O) groups excluding carboxylic acids is 1. The average Bonchev–Trinajstić information content (AvgIpc) is 3.49. The minimum atomic E-state index is -4.46. The molecule has 176 valence electrons. The Kier molecular flexibility index (Phi) is 5.92. The standard InChI is InChI=1S/C22H19F3N6O2S/c23-22(24,25)13-28-21(32)18-7-15(12-34-18)17-10-29-31-11-16(9-27-20(17)31)14-1-2-19(26-8-14)30-3-5-33-6-4-30/h1-2,7-12H,3-6,13H2,(H,28,32). The molecule has 4 aromatic rings. The number of amides is 1. The Morgan fingerprint density at radius 2 is 1.88 bits per heavy atom. The van der Waals surface area contributed by atoms with Crippen LogP contribution in [-0.4, -0.2) is 64.5 Å². The van der Waals surface area contributed by atoms with Gasteiger partial charge >= 0.3 is 6.18 Å². The minimum absolute atomic E-state index is 0.182. The molecule has 4 aromatic heterocycles. The number of hydrogen-bond donors (Lipinski definition) is 1. The van der Waals surface area contributed by atoms with Gasteiger partial charge in [0.2, 0.25) is 0 Å². The molecule has 12 heteroatoms. The summed E-state index contributed by atoms with van der Waals surface area (Å²) in [5.41, 5.74) is 3.64. The van der Waals surface area contributed by atoms with Crippen molar-refractivity contribution in [3.05, 3.63) is 53.2 Å². The fourth-order valence-electron chi connectivity index (χ4n) is 3.63. The Balaban J connectivity index is 1.34. The van der Waals surface area contributed by atoms with Gasteiger partial charge in [-0.05, 0) is 29.1 Å². The molecule has 0 aromatic carbocycles. The Bertz CT molecular complexity index is 1310. The molecule has 1 N–H and O–H groups in total. The fraction of sp³-hybridized carbons (Fsp3) is 0.273. The number of ether oxygens (including phenoxy) is 1. The highest BCUT2D eigenvalue weighted by atomic mass is 32.1. The van der Waals surface area contributed by atoms with E-state index in [1.54, 1.807) is 28.5 Å². The topological polar surface area (TPSA) is 84.7 Å². The molecular weight excluding hydrogens is 469 g/mol. The number of anilines is 1. The number of morpholine rings is 1. The summed E-state index contributed by atoms with van der Waals surface area (Å²) in [7, 11) is 0. The minimum Gasteiger partial charge on any atom is -0.378 e. The third kappa shape index (κ3) is 4.73. The van der Waals surface area contributed by atoms with E-state index in [4.69, 9.17) is 4.74 Å². The quantitative estimate of drug-likeness (QED) is 0.462. The maximum atomic E-state index is 12.4. The number of aromatic nitrogens is 4. The second-order valence-corrected chi connectivity index (χ2v) is 8.58. The molecule has 1 fully saturated rings. The summed E-state index contributed by atoms with van der Waals surface area (Å²) < 4.78 is 44.1. The van der Waals surface area contributed by atoms with Gasteiger partial charge < -0.3 is 15.0 Å². The molecule has 0 bridgehead atoms. The van der Waals surface area contributed by atoms with Crippen LogP contribution in [0.1, 0.15) is 9.67 Å². The second kappa shape index (κ2) is 9.03. The Morgan fingerprint density at radius 3 is 2.62 bits per heavy atom. The van der Waals surface area contributed by atoms with E-state index >= 15 is 0 Å². The van der Waals surface area contributed by atoms with Crippen LogP contribution in [0, 0.1) is 0 Å². The fourth-order valence-corrected chi connectivity index (χ4v) is 4.45. The molecule has 1 saturated heterocycles. The highest BCUT2D eigenvalue weighted by Crippen LogP contribution is 2.30. The molecule has 8 nitrogen and oxygen atoms in total. The Hall–Kier alpha value is -3.51. The van der Waals surface area contributed by atoms with Crippen molar-refractivity contribution in [1.82, 2.24) is 24.9 Å². The van der Waals surface area contributed by atoms with Crippen molar-refractivity contribution in [2.45, 2.75) is 6.18 Å². The molecule has 5 heterocycles. The van der Waals surface area contributed by atoms with Gasteiger partial charge in [-0.25, -0.2) is 14.5 Å². The summed E-state index contributed by atoms with van der Waals surface area (Å²) in [6, 6.07) is 5.49. The summed E-state index contributed by atoms with van der Waals surface area (Å²) in [5.74, 6) is 0.128. The predicted octanol–water partition coefficient (Wildman–Crippen LogP) is 3.65. The number of alkyl halides is 3. The van der Waals surface area contributed by atoms with Crippen LogP contribution in [0.4, 0.5) is 19.0 Å². The van der Waals surface area contributed by atoms with Crippen LogP contribution in [0.2, 0.25) is 0 Å². The first-order valence-electron chi connectivity index (χ1n) is 10.4. The SMILES string of the molecule is O=C(NCC(F)(F)F)c1cc(-c2cnn3cc(-c4ccc(N5CCOCC5)nc4)cnc23)cs1. The van der Waals surface area contributed by atoms with Crippen molar-refractivity contribution in [3.63, 3.8) is 0 Å². The predicted molar refractivity (Wildman–Crippen MR) is 121 cm³/mol. The average molecular weight is 488 g/mol. The van der Waals surface area contributed by atoms with Crippen molar-refractivity contribution in [1.29, 1.82) is 0 Å². The highest BCUT2D eigenvalue weighted by molar-refractivity contribution is 7.12. The molecule has 1 aliphatic rings. The molecule has 1 aliphatic heterocycles. The first-order chi connectivity index (χ1) is 16.4. The molecule has 0 unspecified atom stereocenters. The molecule has 34 heavy (non-hydrogen) atoms. The number of rotatable bonds is 5. The van der Waals surface area contributed by atoms with Gasteiger partial charge in [-0.3, -0.25) is 4.79 Å². The maximum absolute atomic E-state index is 12.4. The molecule has 0 saturated carbocycles. The number of fused-ring (bicyclic) bond motifs is 1. The summed E-state index contributed by atoms with van der Waals surface area (Å²) in [6.07, 6.45) is 2.50. The van der Waals surface area contributed by atoms with Crippen molar-refractivity contribution in [2.75, 3.05) is 37.7 Å². The van der Waals surface area contributed by atoms with Crippen LogP contribution in [0.15, 0.2) is 48.4 Å². The molecule has 0 radical (unpaired) electrons. The van der Waals surface area contributed by atoms with Crippen LogP contribution in [0.25, 0.3) is 27.9 Å². The van der Waals surface area contributed by atoms with Gasteiger partial charge in [0.25, 0.3) is 5.91 Å². The second-order valence-electron chi connectivity index (χ2n) is 7.67. The third-order valence-corrected chi connectivity index (χ3v) is 6.29. The van der Waals surface area contributed by atoms with E-state index in [0.29, 0.717) is 30.0 Å². The van der Waals surface area contributed by atoms with E-state index in [-0.39, 0.29) is 4.88 Å². The van der Waals surface area contributed by atoms with Crippen LogP contribution < -0.4 is 10.2 Å². The van der Waals surface area contributed by atoms with Gasteiger partial charge in [-0.1, -0.05) is 0 Å². The first kappa shape index (κ1) is 22.3. The van der Waals surface area contributed by atoms with E-state index in [0.717, 1.165) is 41.4 Å². The number of pyridine rings is 1. The normalized spacial score (nSPS) is 14.5. The molecule has 0 aliphatic carbocycles. The lowest BCUT2D eigenvalue weighted by Gasteiger charge is -2.27. The molecule has 1 amide bonds. The smallest absolute Gasteiger partial charge is 0.378 e. The van der Waals surface area contributed by atoms with E-state index in [1.165, 1.54) is 6.07 Å². The molecule has 0 spiro atoms. The molecule has 5 rings (SSSR count). The summed E-state index contributed by atoms with van der Waals surface area (Å²) >= 11 is 1.06. The Labute approximate surface area is 196 Å². The van der Waals surface area contributed by atoms with Gasteiger partial charge in [0, 0.05) is 48.4 Å². The van der Waals surface area contributed by atoms with Gasteiger partial charge in [0.1, 0.15) is 12.4 Å². The summed E-state index contributed by atoms with van der Waals surface area (Å²) in [6.45, 7) is 1.63. The van der Waals surface area contributed by atoms with Crippen molar-refractivity contribution in [2.24, 2.45) is 0 Å². The van der Waals surface area contributed by atoms with E-state index in [9.17, 15) is 18.0 Å². The zero-order valence-electron chi connectivity index (χ0n) is 17.7. The highest BCUT2D eigenvalue weighted by Gasteiger charge is 2.28. The van der Waals surface area contributed by atoms with Gasteiger partial charge in [0.05, 0.1) is 24.3 Å². The van der Waals surface area contributed by atoms with Crippen molar-refractivity contribution < 1.29 is 22.7 Å². The first-order valence-corrected chi connectivity index (χ1v) is 11.3.